The highest BCUT2D eigenvalue weighted by atomic mass is 32.1. The molecule has 0 spiro atoms. The predicted molar refractivity (Wildman–Crippen MR) is 465 cm³/mol. The zero-order valence-electron chi connectivity index (χ0n) is 61.6. The number of anilines is 14. The summed E-state index contributed by atoms with van der Waals surface area (Å²) in [5, 5.41) is 6.84. The van der Waals surface area contributed by atoms with Gasteiger partial charge in [0, 0.05) is 92.7 Å². The third-order valence-electron chi connectivity index (χ3n) is 24.1. The molecular formula is C97H72B3N5OS2. The van der Waals surface area contributed by atoms with Crippen LogP contribution >= 0.6 is 22.7 Å². The Balaban J connectivity index is 0.866. The van der Waals surface area contributed by atoms with Crippen LogP contribution in [0.25, 0.3) is 53.6 Å². The summed E-state index contributed by atoms with van der Waals surface area (Å²) in [5.74, 6) is 1.73. The molecule has 1 N–H and O–H groups in total. The highest BCUT2D eigenvalue weighted by Crippen LogP contribution is 2.54. The van der Waals surface area contributed by atoms with E-state index in [-0.39, 0.29) is 20.1 Å². The third-order valence-corrected chi connectivity index (χ3v) is 26.5. The summed E-state index contributed by atoms with van der Waals surface area (Å²) < 4.78 is 13.3. The summed E-state index contributed by atoms with van der Waals surface area (Å²) in [6, 6.07) is 102. The number of rotatable bonds is 7. The van der Waals surface area contributed by atoms with Crippen LogP contribution < -0.4 is 77.4 Å². The van der Waals surface area contributed by atoms with E-state index in [0.29, 0.717) is 0 Å². The third kappa shape index (κ3) is 9.09. The molecule has 6 aliphatic heterocycles. The first kappa shape index (κ1) is 63.3. The molecule has 22 rings (SSSR count). The summed E-state index contributed by atoms with van der Waals surface area (Å²) in [7, 11) is 0. The lowest BCUT2D eigenvalue weighted by Gasteiger charge is -2.46. The van der Waals surface area contributed by atoms with Crippen molar-refractivity contribution >= 4 is 190 Å². The van der Waals surface area contributed by atoms with Crippen LogP contribution in [0, 0.1) is 62.3 Å². The van der Waals surface area contributed by atoms with Gasteiger partial charge in [0.15, 0.2) is 0 Å². The number of thiophene rings is 2. The van der Waals surface area contributed by atoms with E-state index in [9.17, 15) is 0 Å². The summed E-state index contributed by atoms with van der Waals surface area (Å²) in [5.41, 5.74) is 43.1. The molecule has 6 aliphatic rings. The standard InChI is InChI=1S/C97H72B3N5OS2/c1-54-40-59(6)92(60(7)41-54)104-79-52-77-73(99-89-78(101-77)44-63(68-33-19-16-26-56(68)3)45-81(89)102(66-29-12-10-13-30-66)94-71-36-22-24-38-87(71)107-96(94)99)50-74(79)98-76-51-75-80(53-85(76)106-86-49-65(48-84(104)91(86)98)70-35-21-18-28-58(70)5)105(93-61(8)42-55(2)43-62(93)9)83-47-64(69-34-20-17-27-57(69)4)46-82-90(83)100(75)97-95(72-37-23-25-39-88(72)108-97)103(82)67-31-14-11-15-32-67/h10-53,101H,1-9H3. The first-order valence-electron chi connectivity index (χ1n) is 37.8. The van der Waals surface area contributed by atoms with Gasteiger partial charge in [-0.3, -0.25) is 0 Å². The van der Waals surface area contributed by atoms with Gasteiger partial charge in [-0.25, -0.2) is 0 Å². The first-order chi connectivity index (χ1) is 52.8. The second-order valence-corrected chi connectivity index (χ2v) is 33.0. The van der Waals surface area contributed by atoms with Crippen molar-refractivity contribution in [3.05, 3.63) is 317 Å². The number of fused-ring (bicyclic) bond motifs is 16. The molecule has 2 aromatic heterocycles. The van der Waals surface area contributed by atoms with Crippen molar-refractivity contribution < 1.29 is 4.74 Å². The lowest BCUT2D eigenvalue weighted by Crippen LogP contribution is -2.65. The van der Waals surface area contributed by atoms with E-state index >= 15 is 0 Å². The first-order valence-corrected chi connectivity index (χ1v) is 39.4. The molecule has 8 heterocycles. The molecule has 16 aromatic rings. The molecule has 108 heavy (non-hydrogen) atoms. The van der Waals surface area contributed by atoms with E-state index in [0.717, 1.165) is 62.3 Å². The van der Waals surface area contributed by atoms with Gasteiger partial charge >= 0.3 is 0 Å². The quantitative estimate of drug-likeness (QED) is 0.160. The number of benzene rings is 14. The van der Waals surface area contributed by atoms with Gasteiger partial charge in [-0.2, -0.15) is 0 Å². The number of para-hydroxylation sites is 2. The zero-order valence-corrected chi connectivity index (χ0v) is 63.3. The Morgan fingerprint density at radius 2 is 0.694 bits per heavy atom. The van der Waals surface area contributed by atoms with Crippen LogP contribution in [0.5, 0.6) is 11.5 Å². The fourth-order valence-electron chi connectivity index (χ4n) is 19.9. The number of aryl methyl sites for hydroxylation is 9. The minimum Gasteiger partial charge on any atom is -0.458 e. The molecule has 0 aliphatic carbocycles. The normalized spacial score (nSPS) is 13.6. The zero-order chi connectivity index (χ0) is 72.4. The lowest BCUT2D eigenvalue weighted by molar-refractivity contribution is 0.488. The minimum atomic E-state index is -0.292. The number of nitrogens with one attached hydrogen (secondary N) is 1. The van der Waals surface area contributed by atoms with Gasteiger partial charge < -0.3 is 29.7 Å². The number of ether oxygens (including phenoxy) is 1. The largest absolute Gasteiger partial charge is 0.458 e. The molecule has 0 unspecified atom stereocenters. The molecule has 0 saturated heterocycles. The van der Waals surface area contributed by atoms with Crippen molar-refractivity contribution in [3.63, 3.8) is 0 Å². The monoisotopic (exact) mass is 1420 g/mol. The molecule has 0 amide bonds. The molecule has 0 bridgehead atoms. The fourth-order valence-corrected chi connectivity index (χ4v) is 22.5. The molecular weight excluding hydrogens is 1350 g/mol. The van der Waals surface area contributed by atoms with E-state index in [4.69, 9.17) is 4.74 Å². The van der Waals surface area contributed by atoms with Crippen LogP contribution in [-0.4, -0.2) is 20.1 Å². The van der Waals surface area contributed by atoms with Crippen LogP contribution in [-0.2, 0) is 0 Å². The lowest BCUT2D eigenvalue weighted by atomic mass is 9.30. The van der Waals surface area contributed by atoms with Crippen LogP contribution in [0.3, 0.4) is 0 Å². The Kier molecular flexibility index (Phi) is 13.8. The molecule has 6 nitrogen and oxygen atoms in total. The maximum Gasteiger partial charge on any atom is 0.264 e. The summed E-state index contributed by atoms with van der Waals surface area (Å²) in [6.07, 6.45) is 0. The van der Waals surface area contributed by atoms with E-state index in [1.165, 1.54) is 180 Å². The second-order valence-electron chi connectivity index (χ2n) is 30.8. The van der Waals surface area contributed by atoms with E-state index in [1.807, 2.05) is 22.7 Å². The molecule has 0 saturated carbocycles. The molecule has 512 valence electrons. The molecule has 11 heteroatoms. The highest BCUT2D eigenvalue weighted by molar-refractivity contribution is 7.34. The predicted octanol–water partition coefficient (Wildman–Crippen LogP) is 20.7. The van der Waals surface area contributed by atoms with E-state index in [2.05, 4.69) is 354 Å². The Hall–Kier alpha value is -12.0. The Morgan fingerprint density at radius 3 is 1.21 bits per heavy atom. The maximum atomic E-state index is 8.07. The van der Waals surface area contributed by atoms with E-state index in [1.54, 1.807) is 0 Å². The average molecular weight is 1420 g/mol. The summed E-state index contributed by atoms with van der Waals surface area (Å²) in [6.45, 7) is 19.9. The molecule has 14 aromatic carbocycles. The Bertz CT molecular complexity index is 6590. The van der Waals surface area contributed by atoms with Crippen LogP contribution in [0.15, 0.2) is 267 Å². The number of hydrogen-bond acceptors (Lipinski definition) is 8. The summed E-state index contributed by atoms with van der Waals surface area (Å²) >= 11 is 3.90. The average Bonchev–Trinajstić information content (AvgIpc) is 1.17. The van der Waals surface area contributed by atoms with E-state index < -0.39 is 0 Å². The van der Waals surface area contributed by atoms with Crippen LogP contribution in [0.4, 0.5) is 79.6 Å². The fraction of sp³-hybridized carbons (Fsp3) is 0.0928. The Labute approximate surface area is 639 Å². The van der Waals surface area contributed by atoms with Gasteiger partial charge in [0.2, 0.25) is 0 Å². The molecule has 0 atom stereocenters. The van der Waals surface area contributed by atoms with Crippen molar-refractivity contribution in [1.82, 2.24) is 0 Å². The van der Waals surface area contributed by atoms with Crippen molar-refractivity contribution in [2.75, 3.05) is 24.9 Å². The van der Waals surface area contributed by atoms with Crippen molar-refractivity contribution in [1.29, 1.82) is 0 Å². The van der Waals surface area contributed by atoms with Gasteiger partial charge in [0.25, 0.3) is 20.1 Å². The smallest absolute Gasteiger partial charge is 0.264 e. The maximum absolute atomic E-state index is 8.07. The number of hydrogen-bond donors (Lipinski definition) is 1. The number of nitrogens with zero attached hydrogens (tertiary/aromatic N) is 4. The SMILES string of the molecule is Cc1cc(C)c(N2c3cc4c(cc3B3c5cc6c(cc5Oc5cc(-c7ccccc7C)cc2c53)N(c2c(C)cc(C)cc2C)c2cc(-c3ccccc3C)cc3c2B6c2sc5ccccc5c2N3c2ccccc2)B2c3sc5ccccc5c3N(c3ccccc3)c3cc(-c5ccccc5C)cc(c32)N4)c(C)c1. The van der Waals surface area contributed by atoms with Gasteiger partial charge in [-0.05, 0) is 252 Å². The topological polar surface area (TPSA) is 34.2 Å². The van der Waals surface area contributed by atoms with Crippen molar-refractivity contribution in [2.24, 2.45) is 0 Å². The van der Waals surface area contributed by atoms with Crippen LogP contribution in [0.1, 0.15) is 50.1 Å². The van der Waals surface area contributed by atoms with Crippen molar-refractivity contribution in [2.45, 2.75) is 62.3 Å². The second kappa shape index (κ2) is 23.5. The minimum absolute atomic E-state index is 0.131. The van der Waals surface area contributed by atoms with Gasteiger partial charge in [-0.15, -0.1) is 22.7 Å². The van der Waals surface area contributed by atoms with Crippen molar-refractivity contribution in [3.8, 4) is 44.9 Å². The molecule has 0 radical (unpaired) electrons. The van der Waals surface area contributed by atoms with Gasteiger partial charge in [-0.1, -0.05) is 193 Å². The highest BCUT2D eigenvalue weighted by Gasteiger charge is 2.52. The van der Waals surface area contributed by atoms with Gasteiger partial charge in [0.1, 0.15) is 11.5 Å². The summed E-state index contributed by atoms with van der Waals surface area (Å²) in [4.78, 5) is 10.5. The van der Waals surface area contributed by atoms with Gasteiger partial charge in [0.05, 0.1) is 22.7 Å². The van der Waals surface area contributed by atoms with Crippen LogP contribution in [0.2, 0.25) is 0 Å². The Morgan fingerprint density at radius 1 is 0.287 bits per heavy atom. The molecule has 0 fully saturated rings.